The average molecular weight is 449 g/mol. The number of nitrogens with one attached hydrogen (secondary N) is 2. The molecule has 0 spiro atoms. The third kappa shape index (κ3) is 4.57. The quantitative estimate of drug-likeness (QED) is 0.521. The molecule has 2 N–H and O–H groups in total. The maximum atomic E-state index is 12.7. The fraction of sp³-hybridized carbons (Fsp3) is 0.167. The summed E-state index contributed by atoms with van der Waals surface area (Å²) < 4.78 is 1.04. The summed E-state index contributed by atoms with van der Waals surface area (Å²) in [5.74, 6) is 0.0966. The van der Waals surface area contributed by atoms with Crippen LogP contribution in [0.2, 0.25) is 0 Å². The highest BCUT2D eigenvalue weighted by atomic mass is 79.9. The second kappa shape index (κ2) is 8.21. The van der Waals surface area contributed by atoms with Crippen molar-refractivity contribution in [1.82, 2.24) is 0 Å². The van der Waals surface area contributed by atoms with E-state index < -0.39 is 0 Å². The van der Waals surface area contributed by atoms with Crippen LogP contribution < -0.4 is 10.6 Å². The van der Waals surface area contributed by atoms with Crippen molar-refractivity contribution in [3.8, 4) is 0 Å². The fourth-order valence-corrected chi connectivity index (χ4v) is 3.68. The zero-order valence-electron chi connectivity index (χ0n) is 16.0. The number of aryl methyl sites for hydroxylation is 1. The van der Waals surface area contributed by atoms with Gasteiger partial charge in [0, 0.05) is 27.3 Å². The summed E-state index contributed by atoms with van der Waals surface area (Å²) in [5.41, 5.74) is 4.11. The molecule has 0 radical (unpaired) electrons. The minimum Gasteiger partial charge on any atom is -0.326 e. The van der Waals surface area contributed by atoms with E-state index in [0.29, 0.717) is 11.3 Å². The van der Waals surface area contributed by atoms with Crippen LogP contribution in [0.1, 0.15) is 33.8 Å². The predicted octanol–water partition coefficient (Wildman–Crippen LogP) is 5.75. The summed E-state index contributed by atoms with van der Waals surface area (Å²) in [6, 6.07) is 22.7. The molecule has 0 aromatic heterocycles. The maximum Gasteiger partial charge on any atom is 0.255 e. The second-order valence-electron chi connectivity index (χ2n) is 7.34. The van der Waals surface area contributed by atoms with Gasteiger partial charge in [-0.1, -0.05) is 52.3 Å². The third-order valence-corrected chi connectivity index (χ3v) is 5.74. The first-order chi connectivity index (χ1) is 14.0. The van der Waals surface area contributed by atoms with Crippen LogP contribution in [0.3, 0.4) is 0 Å². The van der Waals surface area contributed by atoms with Crippen molar-refractivity contribution in [2.24, 2.45) is 5.92 Å². The van der Waals surface area contributed by atoms with E-state index >= 15 is 0 Å². The molecule has 0 bridgehead atoms. The van der Waals surface area contributed by atoms with Gasteiger partial charge in [-0.05, 0) is 66.8 Å². The summed E-state index contributed by atoms with van der Waals surface area (Å²) in [6.07, 6.45) is 0.858. The first-order valence-electron chi connectivity index (χ1n) is 9.54. The van der Waals surface area contributed by atoms with Crippen LogP contribution in [0.15, 0.2) is 77.3 Å². The lowest BCUT2D eigenvalue weighted by Gasteiger charge is -2.12. The number of amides is 2. The number of anilines is 2. The van der Waals surface area contributed by atoms with Gasteiger partial charge in [-0.2, -0.15) is 0 Å². The molecule has 2 unspecified atom stereocenters. The molecule has 3 aromatic carbocycles. The Morgan fingerprint density at radius 3 is 2.38 bits per heavy atom. The molecule has 1 fully saturated rings. The van der Waals surface area contributed by atoms with Crippen molar-refractivity contribution in [1.29, 1.82) is 0 Å². The standard InChI is InChI=1S/C24H21BrN2O2/c1-15-7-12-19(26-23(28)17-5-3-2-4-6-17)13-22(15)27-24(29)21-14-20(21)16-8-10-18(25)11-9-16/h2-13,20-21H,14H2,1H3,(H,26,28)(H,27,29). The van der Waals surface area contributed by atoms with Gasteiger partial charge in [0.15, 0.2) is 0 Å². The van der Waals surface area contributed by atoms with Gasteiger partial charge in [0.1, 0.15) is 0 Å². The molecule has 1 aliphatic carbocycles. The van der Waals surface area contributed by atoms with Crippen molar-refractivity contribution in [3.05, 3.63) is 94.0 Å². The molecular formula is C24H21BrN2O2. The van der Waals surface area contributed by atoms with E-state index in [2.05, 4.69) is 38.7 Å². The van der Waals surface area contributed by atoms with Crippen molar-refractivity contribution >= 4 is 39.1 Å². The molecule has 0 heterocycles. The van der Waals surface area contributed by atoms with Crippen LogP contribution in [-0.4, -0.2) is 11.8 Å². The molecule has 4 nitrogen and oxygen atoms in total. The van der Waals surface area contributed by atoms with Crippen LogP contribution >= 0.6 is 15.9 Å². The van der Waals surface area contributed by atoms with Crippen LogP contribution in [-0.2, 0) is 4.79 Å². The molecule has 1 saturated carbocycles. The van der Waals surface area contributed by atoms with Crippen LogP contribution in [0.4, 0.5) is 11.4 Å². The van der Waals surface area contributed by atoms with Gasteiger partial charge in [0.2, 0.25) is 5.91 Å². The Hall–Kier alpha value is -2.92. The monoisotopic (exact) mass is 448 g/mol. The summed E-state index contributed by atoms with van der Waals surface area (Å²) in [4.78, 5) is 25.1. The van der Waals surface area contributed by atoms with Crippen molar-refractivity contribution in [2.75, 3.05) is 10.6 Å². The lowest BCUT2D eigenvalue weighted by Crippen LogP contribution is -2.16. The van der Waals surface area contributed by atoms with E-state index in [0.717, 1.165) is 22.1 Å². The Kier molecular flexibility index (Phi) is 5.49. The number of hydrogen-bond acceptors (Lipinski definition) is 2. The van der Waals surface area contributed by atoms with E-state index in [4.69, 9.17) is 0 Å². The summed E-state index contributed by atoms with van der Waals surface area (Å²) >= 11 is 3.44. The molecule has 2 atom stereocenters. The second-order valence-corrected chi connectivity index (χ2v) is 8.26. The molecule has 3 aromatic rings. The molecule has 0 saturated heterocycles. The van der Waals surface area contributed by atoms with Gasteiger partial charge in [0.05, 0.1) is 0 Å². The SMILES string of the molecule is Cc1ccc(NC(=O)c2ccccc2)cc1NC(=O)C1CC1c1ccc(Br)cc1. The Labute approximate surface area is 178 Å². The van der Waals surface area contributed by atoms with Gasteiger partial charge >= 0.3 is 0 Å². The Balaban J connectivity index is 1.42. The molecule has 29 heavy (non-hydrogen) atoms. The van der Waals surface area contributed by atoms with E-state index in [1.54, 1.807) is 12.1 Å². The molecule has 1 aliphatic rings. The third-order valence-electron chi connectivity index (χ3n) is 5.21. The molecular weight excluding hydrogens is 428 g/mol. The Bertz CT molecular complexity index is 1050. The largest absolute Gasteiger partial charge is 0.326 e. The first-order valence-corrected chi connectivity index (χ1v) is 10.3. The molecule has 0 aliphatic heterocycles. The summed E-state index contributed by atoms with van der Waals surface area (Å²) in [6.45, 7) is 1.94. The Morgan fingerprint density at radius 1 is 0.931 bits per heavy atom. The Morgan fingerprint density at radius 2 is 1.66 bits per heavy atom. The lowest BCUT2D eigenvalue weighted by atomic mass is 10.1. The minimum absolute atomic E-state index is 0.0156. The van der Waals surface area contributed by atoms with Gasteiger partial charge in [-0.15, -0.1) is 0 Å². The molecule has 5 heteroatoms. The number of hydrogen-bond donors (Lipinski definition) is 2. The molecule has 146 valence electrons. The van der Waals surface area contributed by atoms with Crippen molar-refractivity contribution in [3.63, 3.8) is 0 Å². The lowest BCUT2D eigenvalue weighted by molar-refractivity contribution is -0.117. The smallest absolute Gasteiger partial charge is 0.255 e. The molecule has 2 amide bonds. The minimum atomic E-state index is -0.177. The van der Waals surface area contributed by atoms with E-state index in [9.17, 15) is 9.59 Å². The number of carbonyl (C=O) groups excluding carboxylic acids is 2. The van der Waals surface area contributed by atoms with Crippen LogP contribution in [0.25, 0.3) is 0 Å². The normalized spacial score (nSPS) is 17.4. The highest BCUT2D eigenvalue weighted by Crippen LogP contribution is 2.48. The number of rotatable bonds is 5. The van der Waals surface area contributed by atoms with Gasteiger partial charge in [-0.3, -0.25) is 9.59 Å². The average Bonchev–Trinajstić information content (AvgIpc) is 3.53. The molecule has 4 rings (SSSR count). The zero-order valence-corrected chi connectivity index (χ0v) is 17.6. The predicted molar refractivity (Wildman–Crippen MR) is 119 cm³/mol. The van der Waals surface area contributed by atoms with E-state index in [1.165, 1.54) is 5.56 Å². The first kappa shape index (κ1) is 19.4. The topological polar surface area (TPSA) is 58.2 Å². The van der Waals surface area contributed by atoms with Gasteiger partial charge in [0.25, 0.3) is 5.91 Å². The zero-order chi connectivity index (χ0) is 20.4. The fourth-order valence-electron chi connectivity index (χ4n) is 3.42. The van der Waals surface area contributed by atoms with Crippen LogP contribution in [0, 0.1) is 12.8 Å². The summed E-state index contributed by atoms with van der Waals surface area (Å²) in [5, 5.41) is 5.93. The van der Waals surface area contributed by atoms with Gasteiger partial charge < -0.3 is 10.6 Å². The van der Waals surface area contributed by atoms with Crippen molar-refractivity contribution < 1.29 is 9.59 Å². The van der Waals surface area contributed by atoms with Crippen molar-refractivity contribution in [2.45, 2.75) is 19.3 Å². The van der Waals surface area contributed by atoms with E-state index in [-0.39, 0.29) is 23.7 Å². The van der Waals surface area contributed by atoms with E-state index in [1.807, 2.05) is 55.5 Å². The maximum absolute atomic E-state index is 12.7. The number of halogens is 1. The highest BCUT2D eigenvalue weighted by molar-refractivity contribution is 9.10. The highest BCUT2D eigenvalue weighted by Gasteiger charge is 2.43. The summed E-state index contributed by atoms with van der Waals surface area (Å²) in [7, 11) is 0. The number of benzene rings is 3. The van der Waals surface area contributed by atoms with Gasteiger partial charge in [-0.25, -0.2) is 0 Å². The number of carbonyl (C=O) groups is 2. The van der Waals surface area contributed by atoms with Crippen LogP contribution in [0.5, 0.6) is 0 Å².